The number of hydrogen-bond donors (Lipinski definition) is 1. The largest absolute Gasteiger partial charge is 0.300 e. The molecule has 3 aromatic rings. The number of halogens is 1. The van der Waals surface area contributed by atoms with E-state index < -0.39 is 0 Å². The van der Waals surface area contributed by atoms with Crippen molar-refractivity contribution in [3.8, 4) is 0 Å². The summed E-state index contributed by atoms with van der Waals surface area (Å²) in [7, 11) is 0. The lowest BCUT2D eigenvalue weighted by atomic mass is 10.2. The van der Waals surface area contributed by atoms with Gasteiger partial charge in [0.15, 0.2) is 5.17 Å². The van der Waals surface area contributed by atoms with E-state index in [-0.39, 0.29) is 5.91 Å². The molecule has 3 aromatic carbocycles. The Labute approximate surface area is 176 Å². The molecule has 0 aliphatic carbocycles. The van der Waals surface area contributed by atoms with Crippen molar-refractivity contribution >= 4 is 58.0 Å². The van der Waals surface area contributed by atoms with E-state index in [1.807, 2.05) is 84.9 Å². The minimum atomic E-state index is -0.126. The second-order valence-corrected chi connectivity index (χ2v) is 8.56. The van der Waals surface area contributed by atoms with E-state index in [0.29, 0.717) is 10.1 Å². The molecule has 4 rings (SSSR count). The zero-order valence-corrected chi connectivity index (χ0v) is 17.0. The first-order valence-electron chi connectivity index (χ1n) is 8.54. The van der Waals surface area contributed by atoms with E-state index in [4.69, 9.17) is 11.6 Å². The Bertz CT molecular complexity index is 1050. The molecule has 0 saturated carbocycles. The molecule has 0 unspecified atom stereocenters. The van der Waals surface area contributed by atoms with E-state index in [1.54, 1.807) is 11.8 Å². The fourth-order valence-corrected chi connectivity index (χ4v) is 4.31. The molecule has 1 aliphatic rings. The van der Waals surface area contributed by atoms with Gasteiger partial charge in [-0.1, -0.05) is 53.7 Å². The normalized spacial score (nSPS) is 16.5. The van der Waals surface area contributed by atoms with E-state index in [9.17, 15) is 4.79 Å². The molecule has 0 radical (unpaired) electrons. The van der Waals surface area contributed by atoms with Crippen molar-refractivity contribution in [2.45, 2.75) is 9.79 Å². The van der Waals surface area contributed by atoms with E-state index in [0.717, 1.165) is 26.1 Å². The van der Waals surface area contributed by atoms with Crippen LogP contribution in [0.5, 0.6) is 0 Å². The highest BCUT2D eigenvalue weighted by molar-refractivity contribution is 8.18. The number of amides is 1. The monoisotopic (exact) mass is 422 g/mol. The van der Waals surface area contributed by atoms with Gasteiger partial charge >= 0.3 is 0 Å². The summed E-state index contributed by atoms with van der Waals surface area (Å²) in [6, 6.07) is 25.4. The quantitative estimate of drug-likeness (QED) is 0.496. The number of thioether (sulfide) groups is 1. The van der Waals surface area contributed by atoms with Crippen molar-refractivity contribution in [2.24, 2.45) is 4.99 Å². The van der Waals surface area contributed by atoms with Crippen LogP contribution in [0.25, 0.3) is 6.08 Å². The number of aliphatic imine (C=N–C) groups is 1. The minimum Gasteiger partial charge on any atom is -0.300 e. The summed E-state index contributed by atoms with van der Waals surface area (Å²) < 4.78 is 0. The Balaban J connectivity index is 1.46. The number of rotatable bonds is 4. The number of para-hydroxylation sites is 1. The average molecular weight is 423 g/mol. The van der Waals surface area contributed by atoms with Crippen LogP contribution in [0.2, 0.25) is 5.02 Å². The molecule has 1 N–H and O–H groups in total. The predicted octanol–water partition coefficient (Wildman–Crippen LogP) is 6.38. The van der Waals surface area contributed by atoms with Crippen LogP contribution in [-0.4, -0.2) is 11.1 Å². The number of carbonyl (C=O) groups excluding carboxylic acids is 1. The smallest absolute Gasteiger partial charge is 0.264 e. The van der Waals surface area contributed by atoms with Gasteiger partial charge in [0.2, 0.25) is 0 Å². The van der Waals surface area contributed by atoms with Crippen LogP contribution in [0.4, 0.5) is 5.69 Å². The van der Waals surface area contributed by atoms with Gasteiger partial charge in [0.05, 0.1) is 10.6 Å². The van der Waals surface area contributed by atoms with Crippen LogP contribution < -0.4 is 5.32 Å². The first-order chi connectivity index (χ1) is 13.7. The Kier molecular flexibility index (Phi) is 5.86. The Morgan fingerprint density at radius 1 is 0.893 bits per heavy atom. The molecule has 1 amide bonds. The van der Waals surface area contributed by atoms with E-state index >= 15 is 0 Å². The maximum Gasteiger partial charge on any atom is 0.264 e. The first kappa shape index (κ1) is 18.9. The Hall–Kier alpha value is -2.47. The molecule has 0 spiro atoms. The summed E-state index contributed by atoms with van der Waals surface area (Å²) in [6.45, 7) is 0. The standard InChI is InChI=1S/C22H15ClN2OS2/c23-16-8-12-19(13-9-16)27-18-10-6-15(7-11-18)14-20-21(26)25-22(28-20)24-17-4-2-1-3-5-17/h1-14H,(H,24,25,26)/b20-14+. The van der Waals surface area contributed by atoms with Crippen molar-refractivity contribution in [3.05, 3.63) is 94.4 Å². The Morgan fingerprint density at radius 2 is 1.54 bits per heavy atom. The summed E-state index contributed by atoms with van der Waals surface area (Å²) in [5.74, 6) is -0.126. The van der Waals surface area contributed by atoms with Crippen LogP contribution >= 0.6 is 35.1 Å². The van der Waals surface area contributed by atoms with Gasteiger partial charge in [-0.3, -0.25) is 4.79 Å². The molecule has 138 valence electrons. The fourth-order valence-electron chi connectivity index (χ4n) is 2.52. The zero-order chi connectivity index (χ0) is 19.3. The molecule has 6 heteroatoms. The topological polar surface area (TPSA) is 41.5 Å². The van der Waals surface area contributed by atoms with Gasteiger partial charge in [-0.05, 0) is 71.9 Å². The molecule has 0 bridgehead atoms. The fraction of sp³-hybridized carbons (Fsp3) is 0. The van der Waals surface area contributed by atoms with Gasteiger partial charge in [0, 0.05) is 14.8 Å². The highest BCUT2D eigenvalue weighted by Crippen LogP contribution is 2.31. The second kappa shape index (κ2) is 8.69. The summed E-state index contributed by atoms with van der Waals surface area (Å²) in [4.78, 5) is 19.6. The number of nitrogens with one attached hydrogen (secondary N) is 1. The number of nitrogens with zero attached hydrogens (tertiary/aromatic N) is 1. The third-order valence-corrected chi connectivity index (χ3v) is 6.04. The summed E-state index contributed by atoms with van der Waals surface area (Å²) in [5.41, 5.74) is 1.79. The number of benzene rings is 3. The van der Waals surface area contributed by atoms with Crippen molar-refractivity contribution in [2.75, 3.05) is 0 Å². The highest BCUT2D eigenvalue weighted by atomic mass is 35.5. The van der Waals surface area contributed by atoms with Gasteiger partial charge in [-0.2, -0.15) is 0 Å². The molecular weight excluding hydrogens is 408 g/mol. The average Bonchev–Trinajstić information content (AvgIpc) is 3.05. The van der Waals surface area contributed by atoms with Crippen LogP contribution in [-0.2, 0) is 4.79 Å². The summed E-state index contributed by atoms with van der Waals surface area (Å²) in [5, 5.41) is 4.14. The Morgan fingerprint density at radius 3 is 2.21 bits per heavy atom. The maximum atomic E-state index is 12.2. The maximum absolute atomic E-state index is 12.2. The lowest BCUT2D eigenvalue weighted by molar-refractivity contribution is -0.115. The third kappa shape index (κ3) is 4.87. The van der Waals surface area contributed by atoms with Crippen LogP contribution in [0.15, 0.2) is 98.6 Å². The lowest BCUT2D eigenvalue weighted by Gasteiger charge is -2.03. The van der Waals surface area contributed by atoms with Crippen molar-refractivity contribution in [1.29, 1.82) is 0 Å². The van der Waals surface area contributed by atoms with Gasteiger partial charge in [-0.25, -0.2) is 4.99 Å². The van der Waals surface area contributed by atoms with Crippen molar-refractivity contribution in [1.82, 2.24) is 5.32 Å². The number of hydrogen-bond acceptors (Lipinski definition) is 4. The van der Waals surface area contributed by atoms with E-state index in [1.165, 1.54) is 11.8 Å². The molecule has 0 atom stereocenters. The third-order valence-electron chi connectivity index (χ3n) is 3.86. The number of amidine groups is 1. The molecule has 3 nitrogen and oxygen atoms in total. The van der Waals surface area contributed by atoms with Gasteiger partial charge < -0.3 is 5.32 Å². The first-order valence-corrected chi connectivity index (χ1v) is 10.5. The highest BCUT2D eigenvalue weighted by Gasteiger charge is 2.23. The van der Waals surface area contributed by atoms with Gasteiger partial charge in [0.25, 0.3) is 5.91 Å². The molecule has 1 heterocycles. The molecule has 1 fully saturated rings. The van der Waals surface area contributed by atoms with Gasteiger partial charge in [-0.15, -0.1) is 0 Å². The lowest BCUT2D eigenvalue weighted by Crippen LogP contribution is -2.19. The summed E-state index contributed by atoms with van der Waals surface area (Å²) in [6.07, 6.45) is 1.88. The second-order valence-electron chi connectivity index (χ2n) is 5.94. The molecule has 28 heavy (non-hydrogen) atoms. The molecule has 1 aliphatic heterocycles. The molecular formula is C22H15ClN2OS2. The SMILES string of the molecule is O=C1NC(=Nc2ccccc2)S/C1=C/c1ccc(Sc2ccc(Cl)cc2)cc1. The summed E-state index contributed by atoms with van der Waals surface area (Å²) >= 11 is 8.94. The van der Waals surface area contributed by atoms with Crippen LogP contribution in [0.3, 0.4) is 0 Å². The zero-order valence-electron chi connectivity index (χ0n) is 14.6. The minimum absolute atomic E-state index is 0.126. The van der Waals surface area contributed by atoms with E-state index in [2.05, 4.69) is 10.3 Å². The molecule has 0 aromatic heterocycles. The van der Waals surface area contributed by atoms with Gasteiger partial charge in [0.1, 0.15) is 0 Å². The molecule has 1 saturated heterocycles. The van der Waals surface area contributed by atoms with Crippen LogP contribution in [0, 0.1) is 0 Å². The van der Waals surface area contributed by atoms with Crippen molar-refractivity contribution in [3.63, 3.8) is 0 Å². The van der Waals surface area contributed by atoms with Crippen molar-refractivity contribution < 1.29 is 4.79 Å². The number of carbonyl (C=O) groups is 1. The van der Waals surface area contributed by atoms with Crippen LogP contribution in [0.1, 0.15) is 5.56 Å². The predicted molar refractivity (Wildman–Crippen MR) is 119 cm³/mol.